The number of morpholine rings is 1. The van der Waals surface area contributed by atoms with Gasteiger partial charge >= 0.3 is 6.09 Å². The molecule has 0 spiro atoms. The van der Waals surface area contributed by atoms with Gasteiger partial charge in [-0.3, -0.25) is 19.5 Å². The number of ether oxygens (including phenoxy) is 2. The Hall–Kier alpha value is -3.97. The van der Waals surface area contributed by atoms with E-state index in [1.54, 1.807) is 17.2 Å². The second-order valence-corrected chi connectivity index (χ2v) is 13.2. The minimum atomic E-state index is -1.13. The van der Waals surface area contributed by atoms with Crippen molar-refractivity contribution in [1.82, 2.24) is 30.6 Å². The molecule has 1 aromatic heterocycles. The summed E-state index contributed by atoms with van der Waals surface area (Å²) < 4.78 is 10.9. The summed E-state index contributed by atoms with van der Waals surface area (Å²) in [7, 11) is 0. The fourth-order valence-electron chi connectivity index (χ4n) is 7.00. The highest BCUT2D eigenvalue weighted by atomic mass is 16.6. The lowest BCUT2D eigenvalue weighted by atomic mass is 9.83. The van der Waals surface area contributed by atoms with E-state index in [2.05, 4.69) is 20.8 Å². The van der Waals surface area contributed by atoms with E-state index < -0.39 is 48.1 Å². The highest BCUT2D eigenvalue weighted by molar-refractivity contribution is 5.91. The highest BCUT2D eigenvalue weighted by Gasteiger charge is 2.41. The third-order valence-electron chi connectivity index (χ3n) is 9.82. The molecule has 2 aliphatic heterocycles. The van der Waals surface area contributed by atoms with Crippen molar-refractivity contribution in [3.05, 3.63) is 53.9 Å². The molecule has 2 saturated heterocycles. The van der Waals surface area contributed by atoms with Crippen LogP contribution in [0.25, 0.3) is 0 Å². The molecule has 1 aromatic carbocycles. The molecule has 4 amide bonds. The molecule has 3 heterocycles. The number of benzene rings is 1. The number of likely N-dealkylation sites (N-methyl/N-ethyl adjacent to an activating group) is 1. The average Bonchev–Trinajstić information content (AvgIpc) is 3.77. The second kappa shape index (κ2) is 17.4. The molecule has 4 N–H and O–H groups in total. The molecular weight excluding hydrogens is 616 g/mol. The largest absolute Gasteiger partial charge is 0.441 e. The highest BCUT2D eigenvalue weighted by Crippen LogP contribution is 2.29. The number of aromatic amines is 1. The topological polar surface area (TPSA) is 166 Å². The molecule has 0 unspecified atom stereocenters. The van der Waals surface area contributed by atoms with Gasteiger partial charge in [0, 0.05) is 44.4 Å². The van der Waals surface area contributed by atoms with E-state index in [0.29, 0.717) is 57.3 Å². The minimum absolute atomic E-state index is 0.0108. The van der Waals surface area contributed by atoms with Crippen molar-refractivity contribution >= 4 is 23.8 Å². The van der Waals surface area contributed by atoms with Crippen LogP contribution in [0.4, 0.5) is 4.79 Å². The zero-order chi connectivity index (χ0) is 33.9. The number of aromatic nitrogens is 2. The molecular formula is C35H50N6O7. The van der Waals surface area contributed by atoms with Crippen LogP contribution in [-0.4, -0.2) is 113 Å². The summed E-state index contributed by atoms with van der Waals surface area (Å²) in [5.74, 6) is -1.42. The Morgan fingerprint density at radius 2 is 1.77 bits per heavy atom. The van der Waals surface area contributed by atoms with Crippen LogP contribution < -0.4 is 10.6 Å². The van der Waals surface area contributed by atoms with Crippen LogP contribution in [-0.2, 0) is 36.7 Å². The number of amides is 4. The Morgan fingerprint density at radius 3 is 2.44 bits per heavy atom. The smallest absolute Gasteiger partial charge is 0.410 e. The van der Waals surface area contributed by atoms with Crippen molar-refractivity contribution in [3.8, 4) is 0 Å². The summed E-state index contributed by atoms with van der Waals surface area (Å²) in [5, 5.41) is 24.4. The van der Waals surface area contributed by atoms with E-state index in [4.69, 9.17) is 9.47 Å². The standard InChI is InChI=1S/C35H50N6O7/c1-2-40-23-30(48-35(40)46)32(43)28(20-25-11-7-4-8-12-25)37-34(45)29(22-27-13-14-36-39-27)38-33(44)26(19-24-9-5-3-6-10-24)21-31(42)41-15-17-47-18-16-41/h3,5-6,9-10,13-14,25-26,28-30,32,43H,2,4,7-8,11-12,15-23H2,1H3,(H,36,39)(H,37,45)(H,38,44)/t26-,28-,29-,30-,32-/m0/s1. The maximum absolute atomic E-state index is 14.1. The summed E-state index contributed by atoms with van der Waals surface area (Å²) in [5.41, 5.74) is 1.55. The van der Waals surface area contributed by atoms with Gasteiger partial charge in [-0.1, -0.05) is 62.4 Å². The van der Waals surface area contributed by atoms with Gasteiger partial charge in [0.05, 0.1) is 31.7 Å². The van der Waals surface area contributed by atoms with Gasteiger partial charge in [0.2, 0.25) is 17.7 Å². The van der Waals surface area contributed by atoms with Gasteiger partial charge in [0.25, 0.3) is 0 Å². The number of aliphatic hydroxyl groups is 1. The van der Waals surface area contributed by atoms with Crippen molar-refractivity contribution in [3.63, 3.8) is 0 Å². The third-order valence-corrected chi connectivity index (χ3v) is 9.82. The molecule has 0 radical (unpaired) electrons. The van der Waals surface area contributed by atoms with E-state index in [1.807, 2.05) is 37.3 Å². The molecule has 48 heavy (non-hydrogen) atoms. The lowest BCUT2D eigenvalue weighted by molar-refractivity contribution is -0.140. The van der Waals surface area contributed by atoms with Crippen molar-refractivity contribution < 1.29 is 33.8 Å². The Morgan fingerprint density at radius 1 is 1.02 bits per heavy atom. The van der Waals surface area contributed by atoms with Gasteiger partial charge in [-0.05, 0) is 37.3 Å². The minimum Gasteiger partial charge on any atom is -0.441 e. The summed E-state index contributed by atoms with van der Waals surface area (Å²) in [4.78, 5) is 57.1. The number of nitrogens with one attached hydrogen (secondary N) is 3. The van der Waals surface area contributed by atoms with Crippen LogP contribution in [0.2, 0.25) is 0 Å². The molecule has 2 aromatic rings. The van der Waals surface area contributed by atoms with Gasteiger partial charge in [-0.2, -0.15) is 5.10 Å². The lowest BCUT2D eigenvalue weighted by Gasteiger charge is -2.33. The zero-order valence-corrected chi connectivity index (χ0v) is 27.9. The van der Waals surface area contributed by atoms with Crippen molar-refractivity contribution in [1.29, 1.82) is 0 Å². The van der Waals surface area contributed by atoms with Crippen LogP contribution in [0.1, 0.15) is 63.1 Å². The first kappa shape index (κ1) is 35.3. The molecule has 3 aliphatic rings. The fraction of sp³-hybridized carbons (Fsp3) is 0.629. The molecule has 1 aliphatic carbocycles. The number of aliphatic hydroxyl groups excluding tert-OH is 1. The fourth-order valence-corrected chi connectivity index (χ4v) is 7.00. The molecule has 0 bridgehead atoms. The number of carbonyl (C=O) groups is 4. The number of H-pyrrole nitrogens is 1. The summed E-state index contributed by atoms with van der Waals surface area (Å²) >= 11 is 0. The van der Waals surface area contributed by atoms with Crippen molar-refractivity contribution in [2.24, 2.45) is 11.8 Å². The van der Waals surface area contributed by atoms with Gasteiger partial charge < -0.3 is 35.0 Å². The Labute approximate surface area is 282 Å². The first-order chi connectivity index (χ1) is 23.3. The Bertz CT molecular complexity index is 1330. The van der Waals surface area contributed by atoms with Gasteiger partial charge in [-0.25, -0.2) is 4.79 Å². The number of hydrogen-bond donors (Lipinski definition) is 4. The van der Waals surface area contributed by atoms with Gasteiger partial charge in [-0.15, -0.1) is 0 Å². The third kappa shape index (κ3) is 9.79. The normalized spacial score (nSPS) is 21.2. The number of cyclic esters (lactones) is 1. The molecule has 13 heteroatoms. The van der Waals surface area contributed by atoms with Crippen molar-refractivity contribution in [2.75, 3.05) is 39.4 Å². The lowest BCUT2D eigenvalue weighted by Crippen LogP contribution is -2.57. The number of hydrogen-bond acceptors (Lipinski definition) is 8. The van der Waals surface area contributed by atoms with E-state index in [0.717, 1.165) is 37.7 Å². The predicted molar refractivity (Wildman–Crippen MR) is 177 cm³/mol. The molecule has 5 rings (SSSR count). The maximum Gasteiger partial charge on any atom is 0.410 e. The molecule has 5 atom stereocenters. The molecule has 13 nitrogen and oxygen atoms in total. The SMILES string of the molecule is CCN1C[C@@H]([C@@H](O)[C@H](CC2CCCCC2)NC(=O)[C@H](Cc2ccn[nH]2)NC(=O)[C@H](CC(=O)N2CCOCC2)Cc2ccccc2)OC1=O. The number of carbonyl (C=O) groups excluding carboxylic acids is 4. The number of nitrogens with zero attached hydrogens (tertiary/aromatic N) is 3. The zero-order valence-electron chi connectivity index (χ0n) is 27.9. The summed E-state index contributed by atoms with van der Waals surface area (Å²) in [6, 6.07) is 9.54. The number of rotatable bonds is 15. The van der Waals surface area contributed by atoms with E-state index >= 15 is 0 Å². The molecule has 3 fully saturated rings. The Balaban J connectivity index is 1.34. The van der Waals surface area contributed by atoms with E-state index in [-0.39, 0.29) is 25.3 Å². The first-order valence-electron chi connectivity index (χ1n) is 17.4. The summed E-state index contributed by atoms with van der Waals surface area (Å²) in [6.07, 6.45) is 5.50. The second-order valence-electron chi connectivity index (χ2n) is 13.2. The first-order valence-corrected chi connectivity index (χ1v) is 17.4. The van der Waals surface area contributed by atoms with Crippen LogP contribution in [0, 0.1) is 11.8 Å². The molecule has 262 valence electrons. The van der Waals surface area contributed by atoms with E-state index in [9.17, 15) is 24.3 Å². The molecule has 1 saturated carbocycles. The predicted octanol–water partition coefficient (Wildman–Crippen LogP) is 2.20. The van der Waals surface area contributed by atoms with Gasteiger partial charge in [0.15, 0.2) is 0 Å². The van der Waals surface area contributed by atoms with Crippen molar-refractivity contribution in [2.45, 2.75) is 89.0 Å². The monoisotopic (exact) mass is 666 g/mol. The maximum atomic E-state index is 14.1. The van der Waals surface area contributed by atoms with Crippen LogP contribution in [0.5, 0.6) is 0 Å². The average molecular weight is 667 g/mol. The van der Waals surface area contributed by atoms with E-state index in [1.165, 1.54) is 4.90 Å². The quantitative estimate of drug-likeness (QED) is 0.225. The van der Waals surface area contributed by atoms with Crippen LogP contribution in [0.3, 0.4) is 0 Å². The van der Waals surface area contributed by atoms with Crippen LogP contribution in [0.15, 0.2) is 42.6 Å². The van der Waals surface area contributed by atoms with Gasteiger partial charge in [0.1, 0.15) is 18.2 Å². The summed E-state index contributed by atoms with van der Waals surface area (Å²) in [6.45, 7) is 4.40. The van der Waals surface area contributed by atoms with Crippen LogP contribution >= 0.6 is 0 Å². The Kier molecular flexibility index (Phi) is 12.8.